The Balaban J connectivity index is 1.42. The SMILES string of the molecule is CC(C)Oc1ccc(-c2nnc(-c3cccc4c3CCCC4NCc3cnc[nH]3)s2)cc1C#N. The van der Waals surface area contributed by atoms with Crippen molar-refractivity contribution in [2.45, 2.75) is 51.8 Å². The van der Waals surface area contributed by atoms with Gasteiger partial charge in [0.15, 0.2) is 0 Å². The summed E-state index contributed by atoms with van der Waals surface area (Å²) in [5, 5.41) is 23.9. The summed E-state index contributed by atoms with van der Waals surface area (Å²) in [5.41, 5.74) is 6.29. The van der Waals surface area contributed by atoms with E-state index in [1.54, 1.807) is 17.7 Å². The second-order valence-corrected chi connectivity index (χ2v) is 9.66. The fourth-order valence-corrected chi connectivity index (χ4v) is 5.32. The Hall–Kier alpha value is -3.54. The molecule has 0 saturated carbocycles. The molecule has 1 atom stereocenters. The first-order chi connectivity index (χ1) is 16.6. The first-order valence-electron chi connectivity index (χ1n) is 11.5. The second kappa shape index (κ2) is 9.75. The average Bonchev–Trinajstić information content (AvgIpc) is 3.55. The summed E-state index contributed by atoms with van der Waals surface area (Å²) in [6.45, 7) is 4.66. The van der Waals surface area contributed by atoms with Crippen LogP contribution < -0.4 is 10.1 Å². The van der Waals surface area contributed by atoms with E-state index in [2.05, 4.69) is 49.8 Å². The maximum Gasteiger partial charge on any atom is 0.148 e. The van der Waals surface area contributed by atoms with E-state index in [0.717, 1.165) is 52.6 Å². The first kappa shape index (κ1) is 22.3. The predicted octanol–water partition coefficient (Wildman–Crippen LogP) is 5.42. The average molecular weight is 471 g/mol. The zero-order chi connectivity index (χ0) is 23.5. The number of hydrogen-bond donors (Lipinski definition) is 2. The molecule has 4 aromatic rings. The van der Waals surface area contributed by atoms with Gasteiger partial charge in [-0.05, 0) is 62.4 Å². The van der Waals surface area contributed by atoms with Crippen LogP contribution in [0.3, 0.4) is 0 Å². The quantitative estimate of drug-likeness (QED) is 0.374. The summed E-state index contributed by atoms with van der Waals surface area (Å²) in [5.74, 6) is 0.594. The van der Waals surface area contributed by atoms with E-state index in [0.29, 0.717) is 17.4 Å². The Bertz CT molecular complexity index is 1320. The van der Waals surface area contributed by atoms with Crippen molar-refractivity contribution in [3.63, 3.8) is 0 Å². The molecule has 1 aliphatic rings. The molecule has 0 amide bonds. The van der Waals surface area contributed by atoms with Crippen LogP contribution in [-0.2, 0) is 13.0 Å². The van der Waals surface area contributed by atoms with Gasteiger partial charge >= 0.3 is 0 Å². The number of nitrogens with one attached hydrogen (secondary N) is 2. The minimum Gasteiger partial charge on any atom is -0.490 e. The van der Waals surface area contributed by atoms with E-state index in [9.17, 15) is 5.26 Å². The number of nitriles is 1. The van der Waals surface area contributed by atoms with Gasteiger partial charge in [-0.25, -0.2) is 4.98 Å². The Morgan fingerprint density at radius 3 is 2.91 bits per heavy atom. The van der Waals surface area contributed by atoms with Gasteiger partial charge in [0.1, 0.15) is 21.8 Å². The third-order valence-corrected chi connectivity index (χ3v) is 6.97. The molecule has 0 spiro atoms. The normalized spacial score (nSPS) is 15.2. The lowest BCUT2D eigenvalue weighted by Gasteiger charge is -2.27. The summed E-state index contributed by atoms with van der Waals surface area (Å²) in [6.07, 6.45) is 6.83. The molecule has 1 aliphatic carbocycles. The highest BCUT2D eigenvalue weighted by Gasteiger charge is 2.24. The molecular formula is C26H26N6OS. The van der Waals surface area contributed by atoms with Crippen molar-refractivity contribution in [2.24, 2.45) is 0 Å². The van der Waals surface area contributed by atoms with Gasteiger partial charge in [0.05, 0.1) is 18.0 Å². The Morgan fingerprint density at radius 1 is 1.24 bits per heavy atom. The van der Waals surface area contributed by atoms with Gasteiger partial charge in [-0.3, -0.25) is 0 Å². The first-order valence-corrected chi connectivity index (χ1v) is 12.3. The number of nitrogens with zero attached hydrogens (tertiary/aromatic N) is 4. The van der Waals surface area contributed by atoms with Gasteiger partial charge in [-0.2, -0.15) is 5.26 Å². The third kappa shape index (κ3) is 4.58. The number of fused-ring (bicyclic) bond motifs is 1. The van der Waals surface area contributed by atoms with Crippen LogP contribution in [0, 0.1) is 11.3 Å². The van der Waals surface area contributed by atoms with Crippen molar-refractivity contribution in [3.05, 3.63) is 71.3 Å². The summed E-state index contributed by atoms with van der Waals surface area (Å²) in [6, 6.07) is 14.6. The van der Waals surface area contributed by atoms with E-state index >= 15 is 0 Å². The van der Waals surface area contributed by atoms with Crippen LogP contribution >= 0.6 is 11.3 Å². The third-order valence-electron chi connectivity index (χ3n) is 5.97. The van der Waals surface area contributed by atoms with Gasteiger partial charge in [0, 0.05) is 35.6 Å². The van der Waals surface area contributed by atoms with Gasteiger partial charge in [0.25, 0.3) is 0 Å². The molecule has 2 N–H and O–H groups in total. The molecule has 34 heavy (non-hydrogen) atoms. The van der Waals surface area contributed by atoms with E-state index < -0.39 is 0 Å². The van der Waals surface area contributed by atoms with E-state index in [4.69, 9.17) is 4.74 Å². The molecule has 0 aliphatic heterocycles. The topological polar surface area (TPSA) is 99.5 Å². The van der Waals surface area contributed by atoms with E-state index in [1.807, 2.05) is 38.2 Å². The number of rotatable bonds is 7. The van der Waals surface area contributed by atoms with Crippen molar-refractivity contribution >= 4 is 11.3 Å². The molecule has 172 valence electrons. The zero-order valence-electron chi connectivity index (χ0n) is 19.2. The molecule has 2 aromatic heterocycles. The van der Waals surface area contributed by atoms with Crippen LogP contribution in [0.1, 0.15) is 55.1 Å². The number of H-pyrrole nitrogens is 1. The summed E-state index contributed by atoms with van der Waals surface area (Å²) in [7, 11) is 0. The Labute approximate surface area is 202 Å². The van der Waals surface area contributed by atoms with Crippen molar-refractivity contribution in [1.82, 2.24) is 25.5 Å². The van der Waals surface area contributed by atoms with Crippen LogP contribution in [0.2, 0.25) is 0 Å². The largest absolute Gasteiger partial charge is 0.490 e. The summed E-state index contributed by atoms with van der Waals surface area (Å²) < 4.78 is 5.75. The predicted molar refractivity (Wildman–Crippen MR) is 132 cm³/mol. The van der Waals surface area contributed by atoms with Crippen LogP contribution in [0.5, 0.6) is 5.75 Å². The second-order valence-electron chi connectivity index (χ2n) is 8.68. The molecular weight excluding hydrogens is 444 g/mol. The van der Waals surface area contributed by atoms with Crippen LogP contribution in [0.4, 0.5) is 0 Å². The van der Waals surface area contributed by atoms with Gasteiger partial charge in [-0.15, -0.1) is 10.2 Å². The highest BCUT2D eigenvalue weighted by atomic mass is 32.1. The summed E-state index contributed by atoms with van der Waals surface area (Å²) in [4.78, 5) is 7.26. The molecule has 0 fully saturated rings. The van der Waals surface area contributed by atoms with E-state index in [-0.39, 0.29) is 6.10 Å². The molecule has 0 bridgehead atoms. The van der Waals surface area contributed by atoms with Gasteiger partial charge < -0.3 is 15.0 Å². The monoisotopic (exact) mass is 470 g/mol. The molecule has 7 nitrogen and oxygen atoms in total. The molecule has 8 heteroatoms. The Morgan fingerprint density at radius 2 is 2.12 bits per heavy atom. The fraction of sp³-hybridized carbons (Fsp3) is 0.308. The molecule has 5 rings (SSSR count). The van der Waals surface area contributed by atoms with Gasteiger partial charge in [0.2, 0.25) is 0 Å². The lowest BCUT2D eigenvalue weighted by molar-refractivity contribution is 0.242. The maximum atomic E-state index is 9.57. The number of aromatic amines is 1. The zero-order valence-corrected chi connectivity index (χ0v) is 20.0. The maximum absolute atomic E-state index is 9.57. The molecule has 2 heterocycles. The fourth-order valence-electron chi connectivity index (χ4n) is 4.43. The number of ether oxygens (including phenoxy) is 1. The molecule has 0 saturated heterocycles. The number of imidazole rings is 1. The Kier molecular flexibility index (Phi) is 6.39. The molecule has 0 radical (unpaired) electrons. The van der Waals surface area contributed by atoms with Crippen LogP contribution in [-0.4, -0.2) is 26.3 Å². The van der Waals surface area contributed by atoms with E-state index in [1.165, 1.54) is 11.1 Å². The van der Waals surface area contributed by atoms with Crippen LogP contribution in [0.15, 0.2) is 48.9 Å². The lowest BCUT2D eigenvalue weighted by atomic mass is 9.85. The standard InChI is InChI=1S/C26H26N6OS/c1-16(2)33-24-10-9-17(11-18(24)12-27)25-31-32-26(34-25)22-7-3-6-21-20(22)5-4-8-23(21)29-14-19-13-28-15-30-19/h3,6-7,9-11,13,15-16,23,29H,4-5,8,14H2,1-2H3,(H,28,30). The summed E-state index contributed by atoms with van der Waals surface area (Å²) >= 11 is 1.56. The van der Waals surface area contributed by atoms with Crippen LogP contribution in [0.25, 0.3) is 21.1 Å². The highest BCUT2D eigenvalue weighted by Crippen LogP contribution is 2.39. The number of benzene rings is 2. The van der Waals surface area contributed by atoms with Gasteiger partial charge in [-0.1, -0.05) is 29.5 Å². The van der Waals surface area contributed by atoms with Crippen molar-refractivity contribution in [3.8, 4) is 33.0 Å². The van der Waals surface area contributed by atoms with Crippen molar-refractivity contribution < 1.29 is 4.74 Å². The minimum atomic E-state index is 0.00754. The molecule has 2 aromatic carbocycles. The van der Waals surface area contributed by atoms with Crippen molar-refractivity contribution in [2.75, 3.05) is 0 Å². The minimum absolute atomic E-state index is 0.00754. The van der Waals surface area contributed by atoms with Crippen molar-refractivity contribution in [1.29, 1.82) is 5.26 Å². The number of aromatic nitrogens is 4. The molecule has 1 unspecified atom stereocenters. The lowest BCUT2D eigenvalue weighted by Crippen LogP contribution is -2.25. The highest BCUT2D eigenvalue weighted by molar-refractivity contribution is 7.17. The smallest absolute Gasteiger partial charge is 0.148 e. The number of hydrogen-bond acceptors (Lipinski definition) is 7.